The molecule has 1 heterocycles. The Morgan fingerprint density at radius 3 is 3.11 bits per heavy atom. The molecule has 2 nitrogen and oxygen atoms in total. The van der Waals surface area contributed by atoms with Crippen molar-refractivity contribution in [2.45, 2.75) is 62.3 Å². The molecular weight excluding hydrogens is 242 g/mol. The number of thioether (sulfide) groups is 1. The lowest BCUT2D eigenvalue weighted by Crippen LogP contribution is -2.38. The van der Waals surface area contributed by atoms with Crippen molar-refractivity contribution in [1.29, 1.82) is 0 Å². The Bertz CT molecular complexity index is 390. The topological polar surface area (TPSA) is 25.2 Å². The van der Waals surface area contributed by atoms with E-state index in [1.54, 1.807) is 0 Å². The maximum Gasteiger partial charge on any atom is 0.108 e. The van der Waals surface area contributed by atoms with Crippen molar-refractivity contribution in [3.63, 3.8) is 0 Å². The summed E-state index contributed by atoms with van der Waals surface area (Å²) in [5.41, 5.74) is 1.42. The van der Waals surface area contributed by atoms with Gasteiger partial charge < -0.3 is 9.73 Å². The van der Waals surface area contributed by atoms with Crippen LogP contribution in [0.1, 0.15) is 55.9 Å². The van der Waals surface area contributed by atoms with Gasteiger partial charge in [0.15, 0.2) is 0 Å². The summed E-state index contributed by atoms with van der Waals surface area (Å²) in [6.07, 6.45) is 13.2. The largest absolute Gasteiger partial charge is 0.469 e. The Labute approximate surface area is 114 Å². The van der Waals surface area contributed by atoms with Crippen LogP contribution in [0, 0.1) is 0 Å². The zero-order valence-electron chi connectivity index (χ0n) is 11.2. The number of aryl methyl sites for hydroxylation is 1. The highest BCUT2D eigenvalue weighted by Gasteiger charge is 2.27. The Hall–Kier alpha value is -0.410. The van der Waals surface area contributed by atoms with E-state index in [2.05, 4.69) is 17.6 Å². The minimum absolute atomic E-state index is 0.540. The monoisotopic (exact) mass is 265 g/mol. The van der Waals surface area contributed by atoms with Crippen LogP contribution in [-0.2, 0) is 6.42 Å². The van der Waals surface area contributed by atoms with Gasteiger partial charge in [-0.2, -0.15) is 11.8 Å². The van der Waals surface area contributed by atoms with Gasteiger partial charge >= 0.3 is 0 Å². The quantitative estimate of drug-likeness (QED) is 0.896. The molecule has 0 spiro atoms. The van der Waals surface area contributed by atoms with Crippen molar-refractivity contribution in [1.82, 2.24) is 5.32 Å². The normalized spacial score (nSPS) is 32.2. The minimum atomic E-state index is 0.540. The van der Waals surface area contributed by atoms with Gasteiger partial charge in [-0.3, -0.25) is 0 Å². The fraction of sp³-hybridized carbons (Fsp3) is 0.733. The number of hydrogen-bond donors (Lipinski definition) is 1. The molecule has 3 unspecified atom stereocenters. The van der Waals surface area contributed by atoms with Gasteiger partial charge in [-0.1, -0.05) is 6.42 Å². The van der Waals surface area contributed by atoms with Gasteiger partial charge in [0, 0.05) is 29.3 Å². The van der Waals surface area contributed by atoms with E-state index in [0.717, 1.165) is 11.7 Å². The Morgan fingerprint density at radius 2 is 2.22 bits per heavy atom. The molecule has 0 amide bonds. The summed E-state index contributed by atoms with van der Waals surface area (Å²) in [5.74, 6) is 1.22. The average Bonchev–Trinajstić information content (AvgIpc) is 2.88. The fourth-order valence-electron chi connectivity index (χ4n) is 3.45. The van der Waals surface area contributed by atoms with Gasteiger partial charge in [0.2, 0.25) is 0 Å². The highest BCUT2D eigenvalue weighted by molar-refractivity contribution is 7.99. The molecule has 3 heteroatoms. The van der Waals surface area contributed by atoms with E-state index in [0.29, 0.717) is 12.1 Å². The Kier molecular flexibility index (Phi) is 4.00. The molecule has 0 aromatic carbocycles. The third-order valence-electron chi connectivity index (χ3n) is 4.45. The molecule has 100 valence electrons. The highest BCUT2D eigenvalue weighted by atomic mass is 32.2. The van der Waals surface area contributed by atoms with Crippen molar-refractivity contribution in [2.75, 3.05) is 6.26 Å². The van der Waals surface area contributed by atoms with Gasteiger partial charge in [0.25, 0.3) is 0 Å². The van der Waals surface area contributed by atoms with Crippen LogP contribution in [0.2, 0.25) is 0 Å². The van der Waals surface area contributed by atoms with E-state index in [1.807, 2.05) is 18.0 Å². The molecule has 2 aliphatic carbocycles. The van der Waals surface area contributed by atoms with E-state index in [-0.39, 0.29) is 0 Å². The van der Waals surface area contributed by atoms with Crippen molar-refractivity contribution >= 4 is 11.8 Å². The number of fused-ring (bicyclic) bond motifs is 1. The van der Waals surface area contributed by atoms with Crippen molar-refractivity contribution < 1.29 is 4.42 Å². The molecule has 0 aliphatic heterocycles. The first-order chi connectivity index (χ1) is 8.86. The van der Waals surface area contributed by atoms with Crippen molar-refractivity contribution in [3.05, 3.63) is 23.7 Å². The van der Waals surface area contributed by atoms with E-state index in [9.17, 15) is 0 Å². The van der Waals surface area contributed by atoms with Gasteiger partial charge in [0.1, 0.15) is 5.76 Å². The SMILES string of the molecule is CSC1CCCC(NC2CCCc3occc32)C1. The standard InChI is InChI=1S/C15H23NOS/c1-18-12-5-2-4-11(10-12)16-14-6-3-7-15-13(14)8-9-17-15/h8-9,11-12,14,16H,2-7,10H2,1H3. The number of furan rings is 1. The van der Waals surface area contributed by atoms with Crippen LogP contribution >= 0.6 is 11.8 Å². The van der Waals surface area contributed by atoms with Crippen LogP contribution in [0.4, 0.5) is 0 Å². The van der Waals surface area contributed by atoms with E-state index in [4.69, 9.17) is 4.42 Å². The summed E-state index contributed by atoms with van der Waals surface area (Å²) in [7, 11) is 0. The van der Waals surface area contributed by atoms with Crippen LogP contribution in [0.3, 0.4) is 0 Å². The van der Waals surface area contributed by atoms with Crippen LogP contribution in [0.15, 0.2) is 16.7 Å². The van der Waals surface area contributed by atoms with Crippen LogP contribution in [-0.4, -0.2) is 17.5 Å². The summed E-state index contributed by atoms with van der Waals surface area (Å²) in [5, 5.41) is 4.76. The number of nitrogens with one attached hydrogen (secondary N) is 1. The van der Waals surface area contributed by atoms with Gasteiger partial charge in [0.05, 0.1) is 6.26 Å². The lowest BCUT2D eigenvalue weighted by Gasteiger charge is -2.33. The smallest absolute Gasteiger partial charge is 0.108 e. The van der Waals surface area contributed by atoms with E-state index in [1.165, 1.54) is 49.8 Å². The number of rotatable bonds is 3. The molecule has 0 saturated heterocycles. The van der Waals surface area contributed by atoms with Gasteiger partial charge in [-0.15, -0.1) is 0 Å². The molecular formula is C15H23NOS. The van der Waals surface area contributed by atoms with Crippen LogP contribution in [0.5, 0.6) is 0 Å². The molecule has 0 radical (unpaired) electrons. The minimum Gasteiger partial charge on any atom is -0.469 e. The third kappa shape index (κ3) is 2.62. The average molecular weight is 265 g/mol. The molecule has 2 aliphatic rings. The lowest BCUT2D eigenvalue weighted by atomic mass is 9.89. The molecule has 1 fully saturated rings. The molecule has 0 bridgehead atoms. The first-order valence-corrected chi connectivity index (χ1v) is 8.50. The predicted molar refractivity (Wildman–Crippen MR) is 77.1 cm³/mol. The molecule has 1 aromatic heterocycles. The molecule has 1 saturated carbocycles. The highest BCUT2D eigenvalue weighted by Crippen LogP contribution is 2.33. The maximum absolute atomic E-state index is 5.57. The summed E-state index contributed by atoms with van der Waals surface area (Å²) in [6, 6.07) is 3.42. The van der Waals surface area contributed by atoms with Crippen LogP contribution < -0.4 is 5.32 Å². The van der Waals surface area contributed by atoms with Crippen molar-refractivity contribution in [3.8, 4) is 0 Å². The molecule has 1 aromatic rings. The molecule has 3 rings (SSSR count). The lowest BCUT2D eigenvalue weighted by molar-refractivity contribution is 0.318. The Morgan fingerprint density at radius 1 is 1.28 bits per heavy atom. The van der Waals surface area contributed by atoms with Gasteiger partial charge in [-0.25, -0.2) is 0 Å². The number of hydrogen-bond acceptors (Lipinski definition) is 3. The third-order valence-corrected chi connectivity index (χ3v) is 5.54. The second-order valence-electron chi connectivity index (χ2n) is 5.63. The zero-order valence-corrected chi connectivity index (χ0v) is 12.0. The molecule has 1 N–H and O–H groups in total. The first kappa shape index (κ1) is 12.6. The predicted octanol–water partition coefficient (Wildman–Crippen LogP) is 3.92. The summed E-state index contributed by atoms with van der Waals surface area (Å²) >= 11 is 2.04. The van der Waals surface area contributed by atoms with E-state index < -0.39 is 0 Å². The van der Waals surface area contributed by atoms with Crippen LogP contribution in [0.25, 0.3) is 0 Å². The molecule has 3 atom stereocenters. The van der Waals surface area contributed by atoms with Gasteiger partial charge in [-0.05, 0) is 44.4 Å². The summed E-state index contributed by atoms with van der Waals surface area (Å²) in [4.78, 5) is 0. The summed E-state index contributed by atoms with van der Waals surface area (Å²) < 4.78 is 5.57. The van der Waals surface area contributed by atoms with E-state index >= 15 is 0 Å². The second-order valence-corrected chi connectivity index (χ2v) is 6.77. The first-order valence-electron chi connectivity index (χ1n) is 7.22. The Balaban J connectivity index is 1.64. The maximum atomic E-state index is 5.57. The summed E-state index contributed by atoms with van der Waals surface area (Å²) in [6.45, 7) is 0. The molecule has 18 heavy (non-hydrogen) atoms. The fourth-order valence-corrected chi connectivity index (χ4v) is 4.28. The van der Waals surface area contributed by atoms with Crippen molar-refractivity contribution in [2.24, 2.45) is 0 Å². The zero-order chi connectivity index (χ0) is 12.4. The second kappa shape index (κ2) is 5.70.